The van der Waals surface area contributed by atoms with E-state index in [9.17, 15) is 18.0 Å². The Bertz CT molecular complexity index is 986. The molecule has 0 spiro atoms. The van der Waals surface area contributed by atoms with Crippen molar-refractivity contribution in [3.63, 3.8) is 0 Å². The molecule has 31 heavy (non-hydrogen) atoms. The van der Waals surface area contributed by atoms with E-state index in [1.807, 2.05) is 25.1 Å². The largest absolute Gasteiger partial charge is 0.494 e. The quantitative estimate of drug-likeness (QED) is 0.498. The molecule has 0 radical (unpaired) electrons. The van der Waals surface area contributed by atoms with E-state index < -0.39 is 23.3 Å². The normalized spacial score (nSPS) is 11.2. The molecule has 0 atom stereocenters. The summed E-state index contributed by atoms with van der Waals surface area (Å²) in [5, 5.41) is 9.20. The topological polar surface area (TPSA) is 68.2 Å². The van der Waals surface area contributed by atoms with Crippen LogP contribution in [-0.4, -0.2) is 35.4 Å². The van der Waals surface area contributed by atoms with Crippen LogP contribution in [0.4, 0.5) is 18.9 Å². The van der Waals surface area contributed by atoms with Gasteiger partial charge in [0.05, 0.1) is 18.7 Å². The molecular weight excluding hydrogens is 409 g/mol. The molecule has 3 aromatic rings. The molecule has 0 unspecified atom stereocenters. The Morgan fingerprint density at radius 1 is 1.06 bits per heavy atom. The van der Waals surface area contributed by atoms with E-state index in [4.69, 9.17) is 4.74 Å². The summed E-state index contributed by atoms with van der Waals surface area (Å²) in [5.41, 5.74) is -0.0977. The van der Waals surface area contributed by atoms with Crippen LogP contribution in [0.2, 0.25) is 0 Å². The number of aromatic nitrogens is 2. The molecule has 0 aliphatic carbocycles. The summed E-state index contributed by atoms with van der Waals surface area (Å²) in [6.45, 7) is 3.09. The van der Waals surface area contributed by atoms with Crippen molar-refractivity contribution in [1.29, 1.82) is 0 Å². The van der Waals surface area contributed by atoms with Crippen LogP contribution in [0.1, 0.15) is 28.5 Å². The molecule has 0 saturated carbocycles. The molecule has 0 bridgehead atoms. The fourth-order valence-corrected chi connectivity index (χ4v) is 2.96. The summed E-state index contributed by atoms with van der Waals surface area (Å²) in [6, 6.07) is 16.2. The molecule has 0 fully saturated rings. The Hall–Kier alpha value is -3.49. The minimum Gasteiger partial charge on any atom is -0.494 e. The number of amides is 1. The van der Waals surface area contributed by atoms with Gasteiger partial charge in [0.15, 0.2) is 5.69 Å². The SMILES string of the molecule is CCOc1ccc(NCCNC(=O)c2cn(Cc3ccccc3)nc2C(F)(F)F)cc1. The predicted molar refractivity (Wildman–Crippen MR) is 111 cm³/mol. The first-order valence-corrected chi connectivity index (χ1v) is 9.80. The van der Waals surface area contributed by atoms with Gasteiger partial charge in [-0.2, -0.15) is 18.3 Å². The third-order valence-corrected chi connectivity index (χ3v) is 4.37. The van der Waals surface area contributed by atoms with Crippen molar-refractivity contribution in [1.82, 2.24) is 15.1 Å². The Morgan fingerprint density at radius 2 is 1.77 bits per heavy atom. The van der Waals surface area contributed by atoms with E-state index in [1.54, 1.807) is 36.4 Å². The molecule has 2 aromatic carbocycles. The van der Waals surface area contributed by atoms with Gasteiger partial charge in [-0.3, -0.25) is 9.48 Å². The standard InChI is InChI=1S/C22H23F3N4O2/c1-2-31-18-10-8-17(9-11-18)26-12-13-27-21(30)19-15-29(28-20(19)22(23,24)25)14-16-6-4-3-5-7-16/h3-11,15,26H,2,12-14H2,1H3,(H,27,30). The number of rotatable bonds is 9. The van der Waals surface area contributed by atoms with E-state index in [2.05, 4.69) is 15.7 Å². The molecule has 9 heteroatoms. The van der Waals surface area contributed by atoms with E-state index in [1.165, 1.54) is 0 Å². The Balaban J connectivity index is 1.59. The first-order valence-electron chi connectivity index (χ1n) is 9.80. The summed E-state index contributed by atoms with van der Waals surface area (Å²) < 4.78 is 46.6. The average Bonchev–Trinajstić information content (AvgIpc) is 3.18. The Labute approximate surface area is 178 Å². The van der Waals surface area contributed by atoms with Gasteiger partial charge in [-0.25, -0.2) is 0 Å². The number of halogens is 3. The van der Waals surface area contributed by atoms with Crippen molar-refractivity contribution in [3.05, 3.63) is 77.6 Å². The van der Waals surface area contributed by atoms with Gasteiger partial charge in [0, 0.05) is 25.0 Å². The van der Waals surface area contributed by atoms with Gasteiger partial charge < -0.3 is 15.4 Å². The highest BCUT2D eigenvalue weighted by molar-refractivity contribution is 5.95. The van der Waals surface area contributed by atoms with Crippen LogP contribution >= 0.6 is 0 Å². The van der Waals surface area contributed by atoms with Crippen molar-refractivity contribution in [2.24, 2.45) is 0 Å². The van der Waals surface area contributed by atoms with Gasteiger partial charge in [-0.1, -0.05) is 30.3 Å². The second-order valence-electron chi connectivity index (χ2n) is 6.71. The van der Waals surface area contributed by atoms with Crippen LogP contribution in [0, 0.1) is 0 Å². The van der Waals surface area contributed by atoms with Crippen LogP contribution in [0.3, 0.4) is 0 Å². The van der Waals surface area contributed by atoms with Gasteiger partial charge >= 0.3 is 6.18 Å². The molecule has 0 aliphatic heterocycles. The van der Waals surface area contributed by atoms with Crippen molar-refractivity contribution in [3.8, 4) is 5.75 Å². The summed E-state index contributed by atoms with van der Waals surface area (Å²) >= 11 is 0. The second kappa shape index (κ2) is 10.0. The first-order chi connectivity index (χ1) is 14.9. The highest BCUT2D eigenvalue weighted by Gasteiger charge is 2.39. The van der Waals surface area contributed by atoms with E-state index >= 15 is 0 Å². The lowest BCUT2D eigenvalue weighted by molar-refractivity contribution is -0.141. The first kappa shape index (κ1) is 22.2. The van der Waals surface area contributed by atoms with Crippen LogP contribution in [-0.2, 0) is 12.7 Å². The number of carbonyl (C=O) groups excluding carboxylic acids is 1. The van der Waals surface area contributed by atoms with Crippen LogP contribution < -0.4 is 15.4 Å². The fraction of sp³-hybridized carbons (Fsp3) is 0.273. The van der Waals surface area contributed by atoms with Crippen molar-refractivity contribution in [2.75, 3.05) is 25.0 Å². The summed E-state index contributed by atoms with van der Waals surface area (Å²) in [4.78, 5) is 12.4. The number of nitrogens with one attached hydrogen (secondary N) is 2. The van der Waals surface area contributed by atoms with Gasteiger partial charge in [-0.15, -0.1) is 0 Å². The van der Waals surface area contributed by atoms with Gasteiger partial charge in [0.1, 0.15) is 5.75 Å². The number of hydrogen-bond donors (Lipinski definition) is 2. The third-order valence-electron chi connectivity index (χ3n) is 4.37. The zero-order chi connectivity index (χ0) is 22.3. The van der Waals surface area contributed by atoms with E-state index in [-0.39, 0.29) is 13.1 Å². The average molecular weight is 432 g/mol. The van der Waals surface area contributed by atoms with E-state index in [0.29, 0.717) is 13.2 Å². The molecule has 1 amide bonds. The molecule has 1 heterocycles. The molecule has 164 valence electrons. The molecule has 0 saturated heterocycles. The van der Waals surface area contributed by atoms with E-state index in [0.717, 1.165) is 27.9 Å². The van der Waals surface area contributed by atoms with Gasteiger partial charge in [-0.05, 0) is 36.8 Å². The number of anilines is 1. The fourth-order valence-electron chi connectivity index (χ4n) is 2.96. The van der Waals surface area contributed by atoms with Crippen LogP contribution in [0.15, 0.2) is 60.8 Å². The Morgan fingerprint density at radius 3 is 2.42 bits per heavy atom. The van der Waals surface area contributed by atoms with Gasteiger partial charge in [0.25, 0.3) is 5.91 Å². The van der Waals surface area contributed by atoms with Gasteiger partial charge in [0.2, 0.25) is 0 Å². The van der Waals surface area contributed by atoms with Crippen molar-refractivity contribution >= 4 is 11.6 Å². The smallest absolute Gasteiger partial charge is 0.435 e. The maximum absolute atomic E-state index is 13.4. The number of nitrogens with zero attached hydrogens (tertiary/aromatic N) is 2. The lowest BCUT2D eigenvalue weighted by Crippen LogP contribution is -2.30. The third kappa shape index (κ3) is 6.24. The number of benzene rings is 2. The molecule has 1 aromatic heterocycles. The maximum atomic E-state index is 13.4. The van der Waals surface area contributed by atoms with Crippen LogP contribution in [0.5, 0.6) is 5.75 Å². The van der Waals surface area contributed by atoms with Crippen molar-refractivity contribution in [2.45, 2.75) is 19.6 Å². The lowest BCUT2D eigenvalue weighted by atomic mass is 10.2. The molecule has 6 nitrogen and oxygen atoms in total. The van der Waals surface area contributed by atoms with Crippen molar-refractivity contribution < 1.29 is 22.7 Å². The highest BCUT2D eigenvalue weighted by atomic mass is 19.4. The minimum absolute atomic E-state index is 0.135. The number of carbonyl (C=O) groups is 1. The molecular formula is C22H23F3N4O2. The van der Waals surface area contributed by atoms with Crippen LogP contribution in [0.25, 0.3) is 0 Å². The lowest BCUT2D eigenvalue weighted by Gasteiger charge is -2.10. The number of hydrogen-bond acceptors (Lipinski definition) is 4. The zero-order valence-electron chi connectivity index (χ0n) is 16.9. The summed E-state index contributed by atoms with van der Waals surface area (Å²) in [6.07, 6.45) is -3.60. The minimum atomic E-state index is -4.73. The Kier molecular flexibility index (Phi) is 7.17. The number of ether oxygens (including phenoxy) is 1. The highest BCUT2D eigenvalue weighted by Crippen LogP contribution is 2.30. The predicted octanol–water partition coefficient (Wildman–Crippen LogP) is 4.19. The molecule has 2 N–H and O–H groups in total. The molecule has 0 aliphatic rings. The molecule has 3 rings (SSSR count). The zero-order valence-corrected chi connectivity index (χ0v) is 16.9. The number of alkyl halides is 3. The second-order valence-corrected chi connectivity index (χ2v) is 6.71. The maximum Gasteiger partial charge on any atom is 0.435 e. The summed E-state index contributed by atoms with van der Waals surface area (Å²) in [5.74, 6) is -0.0753. The monoisotopic (exact) mass is 432 g/mol. The summed E-state index contributed by atoms with van der Waals surface area (Å²) in [7, 11) is 0.